The zero-order chi connectivity index (χ0) is 17.2. The number of rotatable bonds is 4. The molecule has 23 heavy (non-hydrogen) atoms. The Morgan fingerprint density at radius 2 is 2.17 bits per heavy atom. The van der Waals surface area contributed by atoms with Crippen LogP contribution in [0.1, 0.15) is 16.1 Å². The zero-order valence-corrected chi connectivity index (χ0v) is 13.7. The number of hydrogen-bond donors (Lipinski definition) is 1. The smallest absolute Gasteiger partial charge is 0.422 e. The van der Waals surface area contributed by atoms with Gasteiger partial charge in [0.1, 0.15) is 0 Å². The van der Waals surface area contributed by atoms with Gasteiger partial charge in [-0.05, 0) is 28.9 Å². The number of aryl methyl sites for hydroxylation is 2. The first-order valence-electron chi connectivity index (χ1n) is 6.32. The van der Waals surface area contributed by atoms with E-state index in [2.05, 4.69) is 36.1 Å². The summed E-state index contributed by atoms with van der Waals surface area (Å²) in [7, 11) is 1.69. The second-order valence-electron chi connectivity index (χ2n) is 4.67. The number of ether oxygens (including phenoxy) is 1. The second-order valence-corrected chi connectivity index (χ2v) is 5.53. The highest BCUT2D eigenvalue weighted by Crippen LogP contribution is 2.27. The van der Waals surface area contributed by atoms with Gasteiger partial charge in [0.05, 0.1) is 27.6 Å². The minimum absolute atomic E-state index is 0.197. The molecule has 0 aliphatic heterocycles. The molecule has 2 rings (SSSR count). The van der Waals surface area contributed by atoms with Crippen LogP contribution in [0.3, 0.4) is 0 Å². The van der Waals surface area contributed by atoms with E-state index in [0.717, 1.165) is 0 Å². The first kappa shape index (κ1) is 17.3. The fraction of sp³-hybridized carbons (Fsp3) is 0.308. The van der Waals surface area contributed by atoms with Crippen molar-refractivity contribution in [1.29, 1.82) is 0 Å². The van der Waals surface area contributed by atoms with Crippen molar-refractivity contribution >= 4 is 27.5 Å². The summed E-state index contributed by atoms with van der Waals surface area (Å²) in [6.45, 7) is 0.246. The van der Waals surface area contributed by atoms with Gasteiger partial charge < -0.3 is 10.1 Å². The van der Waals surface area contributed by atoms with E-state index in [1.165, 1.54) is 16.9 Å². The minimum atomic E-state index is -4.45. The lowest BCUT2D eigenvalue weighted by Crippen LogP contribution is -2.20. The van der Waals surface area contributed by atoms with E-state index in [1.54, 1.807) is 20.2 Å². The van der Waals surface area contributed by atoms with Crippen LogP contribution < -0.4 is 10.1 Å². The summed E-state index contributed by atoms with van der Waals surface area (Å²) >= 11 is 3.06. The summed E-state index contributed by atoms with van der Waals surface area (Å²) in [4.78, 5) is 15.9. The molecule has 0 aromatic carbocycles. The zero-order valence-electron chi connectivity index (χ0n) is 12.1. The molecule has 10 heteroatoms. The van der Waals surface area contributed by atoms with Gasteiger partial charge in [0, 0.05) is 13.2 Å². The summed E-state index contributed by atoms with van der Waals surface area (Å²) in [6.07, 6.45) is -1.68. The van der Waals surface area contributed by atoms with E-state index in [0.29, 0.717) is 16.9 Å². The van der Waals surface area contributed by atoms with Crippen LogP contribution in [0.25, 0.3) is 0 Å². The third-order valence-corrected chi connectivity index (χ3v) is 3.26. The van der Waals surface area contributed by atoms with Crippen LogP contribution >= 0.6 is 15.9 Å². The van der Waals surface area contributed by atoms with E-state index < -0.39 is 18.7 Å². The molecule has 2 aromatic rings. The highest BCUT2D eigenvalue weighted by Gasteiger charge is 2.29. The monoisotopic (exact) mass is 392 g/mol. The first-order chi connectivity index (χ1) is 10.7. The fourth-order valence-electron chi connectivity index (χ4n) is 1.77. The molecular formula is C13H12BrF3N4O2. The molecule has 0 unspecified atom stereocenters. The Hall–Kier alpha value is -2.10. The molecule has 0 saturated heterocycles. The van der Waals surface area contributed by atoms with E-state index in [-0.39, 0.29) is 10.4 Å². The summed E-state index contributed by atoms with van der Waals surface area (Å²) in [6, 6.07) is 1.41. The van der Waals surface area contributed by atoms with Gasteiger partial charge in [-0.3, -0.25) is 9.48 Å². The Bertz CT molecular complexity index is 730. The number of nitrogens with one attached hydrogen (secondary N) is 1. The Balaban J connectivity index is 2.08. The molecule has 0 saturated carbocycles. The van der Waals surface area contributed by atoms with Gasteiger partial charge in [0.25, 0.3) is 5.91 Å². The number of alkyl halides is 3. The van der Waals surface area contributed by atoms with Crippen LogP contribution in [0, 0.1) is 6.92 Å². The molecule has 1 N–H and O–H groups in total. The van der Waals surface area contributed by atoms with Gasteiger partial charge >= 0.3 is 6.18 Å². The number of carbonyl (C=O) groups is 1. The fourth-order valence-corrected chi connectivity index (χ4v) is 2.23. The van der Waals surface area contributed by atoms with Gasteiger partial charge in [0.2, 0.25) is 5.88 Å². The number of aromatic nitrogens is 3. The van der Waals surface area contributed by atoms with E-state index in [1.807, 2.05) is 0 Å². The molecular weight excluding hydrogens is 381 g/mol. The number of nitrogens with zero attached hydrogens (tertiary/aromatic N) is 3. The van der Waals surface area contributed by atoms with Gasteiger partial charge in [-0.1, -0.05) is 0 Å². The molecule has 0 atom stereocenters. The first-order valence-corrected chi connectivity index (χ1v) is 7.11. The van der Waals surface area contributed by atoms with Crippen LogP contribution in [-0.4, -0.2) is 33.5 Å². The number of amides is 1. The largest absolute Gasteiger partial charge is 0.467 e. The maximum Gasteiger partial charge on any atom is 0.422 e. The maximum absolute atomic E-state index is 12.1. The van der Waals surface area contributed by atoms with Crippen molar-refractivity contribution in [3.63, 3.8) is 0 Å². The Labute approximate surface area is 137 Å². The Morgan fingerprint density at radius 3 is 2.70 bits per heavy atom. The molecule has 124 valence electrons. The van der Waals surface area contributed by atoms with Crippen molar-refractivity contribution in [2.24, 2.45) is 7.05 Å². The number of anilines is 1. The van der Waals surface area contributed by atoms with Crippen LogP contribution in [0.15, 0.2) is 22.9 Å². The Morgan fingerprint density at radius 1 is 1.48 bits per heavy atom. The van der Waals surface area contributed by atoms with Crippen molar-refractivity contribution in [3.8, 4) is 5.88 Å². The predicted octanol–water partition coefficient (Wildman–Crippen LogP) is 3.08. The van der Waals surface area contributed by atoms with Crippen LogP contribution in [-0.2, 0) is 7.05 Å². The average molecular weight is 393 g/mol. The minimum Gasteiger partial charge on any atom is -0.467 e. The van der Waals surface area contributed by atoms with Crippen LogP contribution in [0.5, 0.6) is 5.88 Å². The standard InChI is InChI=1S/C13H12BrF3N4O2/c1-7-9(5-21(2)20-7)11(22)19-8-3-10(14)12(18-4-8)23-6-13(15,16)17/h3-5H,6H2,1-2H3,(H,19,22). The molecule has 0 fully saturated rings. The molecule has 1 amide bonds. The molecule has 0 bridgehead atoms. The lowest BCUT2D eigenvalue weighted by atomic mass is 10.2. The third kappa shape index (κ3) is 4.68. The van der Waals surface area contributed by atoms with Crippen molar-refractivity contribution in [3.05, 3.63) is 34.2 Å². The lowest BCUT2D eigenvalue weighted by molar-refractivity contribution is -0.154. The summed E-state index contributed by atoms with van der Waals surface area (Å²) in [5, 5.41) is 6.65. The molecule has 2 heterocycles. The van der Waals surface area contributed by atoms with E-state index >= 15 is 0 Å². The van der Waals surface area contributed by atoms with Crippen molar-refractivity contribution in [2.45, 2.75) is 13.1 Å². The molecule has 0 radical (unpaired) electrons. The quantitative estimate of drug-likeness (QED) is 0.867. The number of carbonyl (C=O) groups excluding carboxylic acids is 1. The van der Waals surface area contributed by atoms with Gasteiger partial charge in [0.15, 0.2) is 6.61 Å². The van der Waals surface area contributed by atoms with Crippen LogP contribution in [0.2, 0.25) is 0 Å². The van der Waals surface area contributed by atoms with Crippen molar-refractivity contribution in [2.75, 3.05) is 11.9 Å². The molecule has 6 nitrogen and oxygen atoms in total. The van der Waals surface area contributed by atoms with Crippen molar-refractivity contribution in [1.82, 2.24) is 14.8 Å². The van der Waals surface area contributed by atoms with Gasteiger partial charge in [-0.2, -0.15) is 18.3 Å². The number of halogens is 4. The van der Waals surface area contributed by atoms with Crippen LogP contribution in [0.4, 0.5) is 18.9 Å². The summed E-state index contributed by atoms with van der Waals surface area (Å²) < 4.78 is 42.6. The topological polar surface area (TPSA) is 69.0 Å². The lowest BCUT2D eigenvalue weighted by Gasteiger charge is -2.11. The molecule has 2 aromatic heterocycles. The number of hydrogen-bond acceptors (Lipinski definition) is 4. The molecule has 0 aliphatic carbocycles. The average Bonchev–Trinajstić information content (AvgIpc) is 2.76. The number of pyridine rings is 1. The second kappa shape index (κ2) is 6.57. The van der Waals surface area contributed by atoms with Gasteiger partial charge in [-0.15, -0.1) is 0 Å². The highest BCUT2D eigenvalue weighted by molar-refractivity contribution is 9.10. The van der Waals surface area contributed by atoms with E-state index in [9.17, 15) is 18.0 Å². The van der Waals surface area contributed by atoms with E-state index in [4.69, 9.17) is 0 Å². The summed E-state index contributed by atoms with van der Waals surface area (Å²) in [5.41, 5.74) is 1.26. The molecule has 0 aliphatic rings. The van der Waals surface area contributed by atoms with Gasteiger partial charge in [-0.25, -0.2) is 4.98 Å². The highest BCUT2D eigenvalue weighted by atomic mass is 79.9. The normalized spacial score (nSPS) is 11.4. The Kier molecular flexibility index (Phi) is 4.93. The SMILES string of the molecule is Cc1nn(C)cc1C(=O)Nc1cnc(OCC(F)(F)F)c(Br)c1. The summed E-state index contributed by atoms with van der Waals surface area (Å²) in [5.74, 6) is -0.605. The third-order valence-electron chi connectivity index (χ3n) is 2.70. The predicted molar refractivity (Wildman–Crippen MR) is 79.4 cm³/mol. The maximum atomic E-state index is 12.1. The molecule has 0 spiro atoms. The van der Waals surface area contributed by atoms with Crippen molar-refractivity contribution < 1.29 is 22.7 Å².